The predicted octanol–water partition coefficient (Wildman–Crippen LogP) is 2.44. The molecule has 35 heavy (non-hydrogen) atoms. The molecule has 1 aromatic carbocycles. The molecule has 2 heterocycles. The number of benzene rings is 1. The third-order valence-electron chi connectivity index (χ3n) is 5.73. The van der Waals surface area contributed by atoms with Crippen LogP contribution in [-0.4, -0.2) is 55.4 Å². The standard InChI is InChI=1S/C24H30FN5O5/c1-13(2)20(29-22(31)14(3)26-4)23(32)30-19(11-15-7-6-10-27-21(15)30)35-24(33)28-18-9-8-16(34-5)12-17(18)25/h6-10,12-14,19-20,26H,11H2,1-5H3,(H,28,33)(H,29,31)/t14-,19-,20-/m0/s1. The van der Waals surface area contributed by atoms with Crippen LogP contribution in [0, 0.1) is 11.7 Å². The summed E-state index contributed by atoms with van der Waals surface area (Å²) >= 11 is 0. The van der Waals surface area contributed by atoms with Crippen LogP contribution in [0.1, 0.15) is 26.3 Å². The lowest BCUT2D eigenvalue weighted by atomic mass is 10.0. The van der Waals surface area contributed by atoms with Crippen molar-refractivity contribution in [3.05, 3.63) is 47.9 Å². The highest BCUT2D eigenvalue weighted by Gasteiger charge is 2.41. The van der Waals surface area contributed by atoms with Crippen LogP contribution in [0.25, 0.3) is 0 Å². The Morgan fingerprint density at radius 3 is 2.57 bits per heavy atom. The fraction of sp³-hybridized carbons (Fsp3) is 0.417. The van der Waals surface area contributed by atoms with Crippen molar-refractivity contribution in [2.75, 3.05) is 24.4 Å². The molecule has 3 N–H and O–H groups in total. The van der Waals surface area contributed by atoms with E-state index in [1.807, 2.05) is 0 Å². The number of methoxy groups -OCH3 is 1. The smallest absolute Gasteiger partial charge is 0.413 e. The predicted molar refractivity (Wildman–Crippen MR) is 128 cm³/mol. The average Bonchev–Trinajstić information content (AvgIpc) is 3.19. The molecule has 1 aliphatic heterocycles. The Balaban J connectivity index is 1.82. The van der Waals surface area contributed by atoms with E-state index < -0.39 is 36.1 Å². The van der Waals surface area contributed by atoms with Crippen LogP contribution in [0.15, 0.2) is 36.5 Å². The summed E-state index contributed by atoms with van der Waals surface area (Å²) in [6, 6.07) is 6.06. The third-order valence-corrected chi connectivity index (χ3v) is 5.73. The van der Waals surface area contributed by atoms with E-state index in [0.717, 1.165) is 6.07 Å². The number of aromatic nitrogens is 1. The van der Waals surface area contributed by atoms with Crippen LogP contribution < -0.4 is 25.6 Å². The highest BCUT2D eigenvalue weighted by atomic mass is 19.1. The summed E-state index contributed by atoms with van der Waals surface area (Å²) in [7, 11) is 3.05. The molecule has 0 aliphatic carbocycles. The Morgan fingerprint density at radius 2 is 1.94 bits per heavy atom. The normalized spacial score (nSPS) is 16.3. The van der Waals surface area contributed by atoms with Crippen LogP contribution in [0.4, 0.5) is 20.7 Å². The van der Waals surface area contributed by atoms with E-state index in [4.69, 9.17) is 9.47 Å². The molecule has 188 valence electrons. The summed E-state index contributed by atoms with van der Waals surface area (Å²) in [5.74, 6) is -1.14. The van der Waals surface area contributed by atoms with Crippen LogP contribution in [-0.2, 0) is 20.7 Å². The van der Waals surface area contributed by atoms with E-state index in [1.165, 1.54) is 30.3 Å². The van der Waals surface area contributed by atoms with Gasteiger partial charge in [-0.3, -0.25) is 19.8 Å². The SMILES string of the molecule is CN[C@@H](C)C(=O)N[C@H](C(=O)N1c2ncccc2C[C@@H]1OC(=O)Nc1ccc(OC)cc1F)C(C)C. The first-order valence-corrected chi connectivity index (χ1v) is 11.2. The Bertz CT molecular complexity index is 1100. The van der Waals surface area contributed by atoms with Crippen LogP contribution in [0.5, 0.6) is 5.75 Å². The first-order valence-electron chi connectivity index (χ1n) is 11.2. The van der Waals surface area contributed by atoms with Crippen molar-refractivity contribution in [1.82, 2.24) is 15.6 Å². The molecule has 0 saturated heterocycles. The molecule has 1 aromatic heterocycles. The molecule has 11 heteroatoms. The zero-order valence-electron chi connectivity index (χ0n) is 20.3. The van der Waals surface area contributed by atoms with Crippen molar-refractivity contribution in [2.45, 2.75) is 45.5 Å². The molecule has 0 radical (unpaired) electrons. The van der Waals surface area contributed by atoms with Crippen molar-refractivity contribution in [3.63, 3.8) is 0 Å². The molecule has 3 amide bonds. The molecular formula is C24H30FN5O5. The molecule has 3 rings (SSSR count). The Hall–Kier alpha value is -3.73. The summed E-state index contributed by atoms with van der Waals surface area (Å²) in [5.41, 5.74) is 0.599. The quantitative estimate of drug-likeness (QED) is 0.523. The molecule has 0 spiro atoms. The van der Waals surface area contributed by atoms with Gasteiger partial charge in [0.15, 0.2) is 12.0 Å². The third kappa shape index (κ3) is 5.86. The lowest BCUT2D eigenvalue weighted by Crippen LogP contribution is -2.56. The van der Waals surface area contributed by atoms with Gasteiger partial charge in [-0.1, -0.05) is 19.9 Å². The van der Waals surface area contributed by atoms with Gasteiger partial charge in [-0.15, -0.1) is 0 Å². The summed E-state index contributed by atoms with van der Waals surface area (Å²) in [4.78, 5) is 44.3. The van der Waals surface area contributed by atoms with Gasteiger partial charge >= 0.3 is 6.09 Å². The van der Waals surface area contributed by atoms with Gasteiger partial charge in [0.1, 0.15) is 17.6 Å². The van der Waals surface area contributed by atoms with E-state index in [-0.39, 0.29) is 23.9 Å². The number of fused-ring (bicyclic) bond motifs is 1. The highest BCUT2D eigenvalue weighted by Crippen LogP contribution is 2.32. The summed E-state index contributed by atoms with van der Waals surface area (Å²) in [6.45, 7) is 5.28. The lowest BCUT2D eigenvalue weighted by molar-refractivity contribution is -0.130. The molecule has 1 aliphatic rings. The van der Waals surface area contributed by atoms with E-state index in [9.17, 15) is 18.8 Å². The minimum atomic E-state index is -1.03. The number of carbonyl (C=O) groups is 3. The molecule has 0 bridgehead atoms. The van der Waals surface area contributed by atoms with Gasteiger partial charge in [0, 0.05) is 24.2 Å². The first-order chi connectivity index (χ1) is 16.7. The maximum absolute atomic E-state index is 14.3. The average molecular weight is 488 g/mol. The number of ether oxygens (including phenoxy) is 2. The monoisotopic (exact) mass is 487 g/mol. The van der Waals surface area contributed by atoms with Crippen LogP contribution >= 0.6 is 0 Å². The van der Waals surface area contributed by atoms with Gasteiger partial charge in [0.05, 0.1) is 18.8 Å². The second kappa shape index (κ2) is 11.1. The molecule has 0 fully saturated rings. The second-order valence-electron chi connectivity index (χ2n) is 8.47. The van der Waals surface area contributed by atoms with Crippen molar-refractivity contribution < 1.29 is 28.2 Å². The number of halogens is 1. The van der Waals surface area contributed by atoms with E-state index >= 15 is 0 Å². The lowest BCUT2D eigenvalue weighted by Gasteiger charge is -2.31. The number of hydrogen-bond acceptors (Lipinski definition) is 7. The largest absolute Gasteiger partial charge is 0.497 e. The fourth-order valence-corrected chi connectivity index (χ4v) is 3.62. The number of nitrogens with zero attached hydrogens (tertiary/aromatic N) is 2. The number of pyridine rings is 1. The van der Waals surface area contributed by atoms with Crippen molar-refractivity contribution >= 4 is 29.4 Å². The van der Waals surface area contributed by atoms with Crippen molar-refractivity contribution in [1.29, 1.82) is 0 Å². The van der Waals surface area contributed by atoms with E-state index in [1.54, 1.807) is 40.0 Å². The first kappa shape index (κ1) is 25.9. The zero-order chi connectivity index (χ0) is 25.7. The summed E-state index contributed by atoms with van der Waals surface area (Å²) in [6.07, 6.45) is -0.258. The molecule has 2 aromatic rings. The number of rotatable bonds is 8. The number of hydrogen-bond donors (Lipinski definition) is 3. The number of carbonyl (C=O) groups excluding carboxylic acids is 3. The number of likely N-dealkylation sites (N-methyl/N-ethyl adjacent to an activating group) is 1. The summed E-state index contributed by atoms with van der Waals surface area (Å²) in [5, 5.41) is 7.96. The maximum atomic E-state index is 14.3. The topological polar surface area (TPSA) is 122 Å². The maximum Gasteiger partial charge on any atom is 0.413 e. The van der Waals surface area contributed by atoms with Crippen LogP contribution in [0.3, 0.4) is 0 Å². The minimum absolute atomic E-state index is 0.101. The number of amides is 3. The van der Waals surface area contributed by atoms with Crippen LogP contribution in [0.2, 0.25) is 0 Å². The van der Waals surface area contributed by atoms with Crippen molar-refractivity contribution in [3.8, 4) is 5.75 Å². The Kier molecular flexibility index (Phi) is 8.23. The van der Waals surface area contributed by atoms with Gasteiger partial charge in [0.2, 0.25) is 5.91 Å². The second-order valence-corrected chi connectivity index (χ2v) is 8.47. The molecule has 0 unspecified atom stereocenters. The Labute approximate surface area is 203 Å². The molecule has 0 saturated carbocycles. The fourth-order valence-electron chi connectivity index (χ4n) is 3.62. The number of anilines is 2. The van der Waals surface area contributed by atoms with Gasteiger partial charge in [-0.25, -0.2) is 14.2 Å². The molecular weight excluding hydrogens is 457 g/mol. The van der Waals surface area contributed by atoms with Gasteiger partial charge < -0.3 is 20.1 Å². The van der Waals surface area contributed by atoms with Crippen molar-refractivity contribution in [2.24, 2.45) is 5.92 Å². The minimum Gasteiger partial charge on any atom is -0.497 e. The summed E-state index contributed by atoms with van der Waals surface area (Å²) < 4.78 is 24.8. The Morgan fingerprint density at radius 1 is 1.20 bits per heavy atom. The number of nitrogens with one attached hydrogen (secondary N) is 3. The zero-order valence-corrected chi connectivity index (χ0v) is 20.3. The van der Waals surface area contributed by atoms with E-state index in [0.29, 0.717) is 17.1 Å². The molecule has 3 atom stereocenters. The molecule has 10 nitrogen and oxygen atoms in total. The highest BCUT2D eigenvalue weighted by molar-refractivity contribution is 6.01. The van der Waals surface area contributed by atoms with E-state index in [2.05, 4.69) is 20.9 Å². The van der Waals surface area contributed by atoms with Gasteiger partial charge in [0.25, 0.3) is 5.91 Å². The van der Waals surface area contributed by atoms with Gasteiger partial charge in [-0.2, -0.15) is 0 Å². The van der Waals surface area contributed by atoms with Gasteiger partial charge in [-0.05, 0) is 38.1 Å².